The zero-order valence-electron chi connectivity index (χ0n) is 60.8. The highest BCUT2D eigenvalue weighted by Gasteiger charge is 2.61. The second-order valence-corrected chi connectivity index (χ2v) is 30.6. The monoisotopic (exact) mass is 1430 g/mol. The van der Waals surface area contributed by atoms with Gasteiger partial charge in [-0.25, -0.2) is 4.79 Å². The Balaban J connectivity index is 0.943. The summed E-state index contributed by atoms with van der Waals surface area (Å²) in [5, 5.41) is 30.1. The number of nitrogens with zero attached hydrogens (tertiary/aromatic N) is 2. The summed E-state index contributed by atoms with van der Waals surface area (Å²) in [5.74, 6) is -5.90. The lowest BCUT2D eigenvalue weighted by Crippen LogP contribution is -2.58. The van der Waals surface area contributed by atoms with E-state index in [1.807, 2.05) is 229 Å². The van der Waals surface area contributed by atoms with Crippen molar-refractivity contribution in [1.29, 1.82) is 0 Å². The van der Waals surface area contributed by atoms with Gasteiger partial charge in [-0.15, -0.1) is 11.8 Å². The molecule has 9 atom stereocenters. The van der Waals surface area contributed by atoms with Crippen molar-refractivity contribution in [2.45, 2.75) is 177 Å². The molecule has 0 bridgehead atoms. The van der Waals surface area contributed by atoms with E-state index in [1.54, 1.807) is 33.8 Å². The number of likely N-dealkylation sites (tertiary alicyclic amines) is 2. The summed E-state index contributed by atoms with van der Waals surface area (Å²) in [6.45, 7) is 16.9. The number of ketones is 2. The number of thioether (sulfide) groups is 1. The highest BCUT2D eigenvalue weighted by molar-refractivity contribution is 8.00. The molecule has 0 saturated carbocycles. The van der Waals surface area contributed by atoms with Gasteiger partial charge < -0.3 is 51.4 Å². The van der Waals surface area contributed by atoms with E-state index in [0.29, 0.717) is 34.4 Å². The summed E-state index contributed by atoms with van der Waals surface area (Å²) in [5.41, 5.74) is 2.00. The maximum Gasteiger partial charge on any atom is 0.412 e. The number of fused-ring (bicyclic) bond motifs is 3. The lowest BCUT2D eigenvalue weighted by Gasteiger charge is -2.38. The Labute approximate surface area is 613 Å². The molecule has 3 aliphatic rings. The average molecular weight is 1430 g/mol. The van der Waals surface area contributed by atoms with Gasteiger partial charge in [-0.3, -0.25) is 43.3 Å². The maximum atomic E-state index is 15.9. The minimum absolute atomic E-state index is 0.0327. The molecule has 7 amide bonds. The molecule has 104 heavy (non-hydrogen) atoms. The molecule has 0 radical (unpaired) electrons. The molecular weight excluding hydrogens is 1330 g/mol. The van der Waals surface area contributed by atoms with Gasteiger partial charge in [-0.1, -0.05) is 214 Å². The van der Waals surface area contributed by atoms with Crippen LogP contribution in [-0.2, 0) is 63.7 Å². The molecule has 3 aliphatic heterocycles. The van der Waals surface area contributed by atoms with Gasteiger partial charge in [0.15, 0.2) is 11.6 Å². The standard InChI is InChI=1S/C83H96N8O12S/c1-11-54(3)73(88-72(96)50-84-75(98)68-49-81(101)63-43-42-53(2)46-64(63)87-77(81)91(68)78(100)103-80(8,9)10)69(93)44-45-70(94)85-66(52-104-83(59-36-24-15-25-37-59,60-38-26-16-27-39-60)61-40-28-17-29-41-61)74(97)86-65(76(99)90-51-62(102-79(5,6)7)47-67(90)55(4)92)48-71(95)89-82(56-30-18-12-19-31-56,57-32-20-13-21-33-57)58-34-22-14-23-35-58/h12-43,46,54,62,65-68,73,77,87,101H,11,44-45,47-52H2,1-10H3,(H,84,98)(H,85,94)(H,86,97)(H,88,96)(H,89,95)/t54-,62+,65-,66-,67-,68?,73-,77?,81-/m0/s1. The minimum Gasteiger partial charge on any atom is -0.444 e. The Morgan fingerprint density at radius 1 is 0.625 bits per heavy atom. The number of rotatable bonds is 28. The van der Waals surface area contributed by atoms with Crippen LogP contribution in [0.2, 0.25) is 0 Å². The van der Waals surface area contributed by atoms with Crippen molar-refractivity contribution in [2.24, 2.45) is 5.92 Å². The molecule has 2 unspecified atom stereocenters. The van der Waals surface area contributed by atoms with Crippen LogP contribution < -0.4 is 31.9 Å². The van der Waals surface area contributed by atoms with E-state index in [1.165, 1.54) is 23.6 Å². The molecule has 7 aromatic rings. The van der Waals surface area contributed by atoms with Crippen LogP contribution in [0, 0.1) is 12.8 Å². The van der Waals surface area contributed by atoms with Crippen LogP contribution in [0.3, 0.4) is 0 Å². The Morgan fingerprint density at radius 3 is 1.62 bits per heavy atom. The molecule has 546 valence electrons. The smallest absolute Gasteiger partial charge is 0.412 e. The molecule has 0 aromatic heterocycles. The van der Waals surface area contributed by atoms with Crippen molar-refractivity contribution in [2.75, 3.05) is 24.2 Å². The Bertz CT molecular complexity index is 4010. The van der Waals surface area contributed by atoms with Gasteiger partial charge in [0.2, 0.25) is 35.4 Å². The third-order valence-electron chi connectivity index (χ3n) is 19.5. The van der Waals surface area contributed by atoms with E-state index in [-0.39, 0.29) is 30.9 Å². The number of nitrogens with one attached hydrogen (secondary N) is 6. The summed E-state index contributed by atoms with van der Waals surface area (Å²) >= 11 is 1.36. The van der Waals surface area contributed by atoms with Crippen LogP contribution in [0.5, 0.6) is 0 Å². The van der Waals surface area contributed by atoms with Gasteiger partial charge in [0.05, 0.1) is 41.5 Å². The molecule has 10 rings (SSSR count). The summed E-state index contributed by atoms with van der Waals surface area (Å²) in [6.07, 6.45) is -3.67. The fourth-order valence-electron chi connectivity index (χ4n) is 14.4. The van der Waals surface area contributed by atoms with Gasteiger partial charge in [-0.05, 0) is 106 Å². The first-order valence-electron chi connectivity index (χ1n) is 35.6. The van der Waals surface area contributed by atoms with Crippen molar-refractivity contribution in [3.05, 3.63) is 245 Å². The van der Waals surface area contributed by atoms with E-state index in [2.05, 4.69) is 31.9 Å². The molecule has 2 fully saturated rings. The molecule has 21 heteroatoms. The highest BCUT2D eigenvalue weighted by atomic mass is 32.2. The Morgan fingerprint density at radius 2 is 1.13 bits per heavy atom. The molecule has 20 nitrogen and oxygen atoms in total. The third kappa shape index (κ3) is 17.5. The van der Waals surface area contributed by atoms with Crippen LogP contribution in [0.15, 0.2) is 200 Å². The molecule has 2 saturated heterocycles. The number of anilines is 1. The summed E-state index contributed by atoms with van der Waals surface area (Å²) in [6, 6.07) is 56.3. The lowest BCUT2D eigenvalue weighted by atomic mass is 9.77. The number of aliphatic hydroxyl groups is 1. The van der Waals surface area contributed by atoms with E-state index < -0.39 is 149 Å². The summed E-state index contributed by atoms with van der Waals surface area (Å²) < 4.78 is 11.1. The number of carbonyl (C=O) groups excluding carboxylic acids is 9. The van der Waals surface area contributed by atoms with Crippen molar-refractivity contribution < 1.29 is 57.7 Å². The number of Topliss-reactive ketones (excluding diaryl/α,β-unsaturated/α-hetero) is 2. The number of amides is 7. The van der Waals surface area contributed by atoms with Crippen molar-refractivity contribution in [3.8, 4) is 0 Å². The normalized spacial score (nSPS) is 19.0. The Kier molecular flexibility index (Phi) is 24.2. The number of aryl methyl sites for hydroxylation is 1. The van der Waals surface area contributed by atoms with Crippen LogP contribution >= 0.6 is 11.8 Å². The third-order valence-corrected chi connectivity index (χ3v) is 21.1. The molecule has 7 N–H and O–H groups in total. The summed E-state index contributed by atoms with van der Waals surface area (Å²) in [7, 11) is 0. The first-order chi connectivity index (χ1) is 49.5. The van der Waals surface area contributed by atoms with Crippen LogP contribution in [0.4, 0.5) is 10.5 Å². The van der Waals surface area contributed by atoms with Crippen LogP contribution in [0.25, 0.3) is 0 Å². The fraction of sp³-hybridized carbons (Fsp3) is 0.386. The number of benzene rings is 7. The predicted molar refractivity (Wildman–Crippen MR) is 401 cm³/mol. The molecule has 0 spiro atoms. The number of ether oxygens (including phenoxy) is 2. The zero-order chi connectivity index (χ0) is 74.7. The number of hydrogen-bond acceptors (Lipinski definition) is 14. The van der Waals surface area contributed by atoms with E-state index in [9.17, 15) is 33.9 Å². The van der Waals surface area contributed by atoms with E-state index in [0.717, 1.165) is 27.2 Å². The predicted octanol–water partition coefficient (Wildman–Crippen LogP) is 10.5. The van der Waals surface area contributed by atoms with E-state index >= 15 is 14.4 Å². The molecular formula is C83H96N8O12S. The van der Waals surface area contributed by atoms with Crippen molar-refractivity contribution in [3.63, 3.8) is 0 Å². The van der Waals surface area contributed by atoms with Gasteiger partial charge in [0, 0.05) is 49.2 Å². The lowest BCUT2D eigenvalue weighted by molar-refractivity contribution is -0.142. The molecule has 0 aliphatic carbocycles. The summed E-state index contributed by atoms with van der Waals surface area (Å²) in [4.78, 5) is 135. The number of carbonyl (C=O) groups is 9. The van der Waals surface area contributed by atoms with Gasteiger partial charge in [0.1, 0.15) is 41.0 Å². The minimum atomic E-state index is -1.69. The van der Waals surface area contributed by atoms with Crippen LogP contribution in [-0.4, -0.2) is 141 Å². The van der Waals surface area contributed by atoms with Crippen molar-refractivity contribution >= 4 is 70.6 Å². The first-order valence-corrected chi connectivity index (χ1v) is 36.6. The topological polar surface area (TPSA) is 271 Å². The van der Waals surface area contributed by atoms with Crippen molar-refractivity contribution in [1.82, 2.24) is 36.4 Å². The Hall–Kier alpha value is -9.96. The first kappa shape index (κ1) is 76.7. The quantitative estimate of drug-likeness (QED) is 0.0225. The molecule has 3 heterocycles. The van der Waals surface area contributed by atoms with Gasteiger partial charge in [-0.2, -0.15) is 0 Å². The van der Waals surface area contributed by atoms with Gasteiger partial charge >= 0.3 is 6.09 Å². The largest absolute Gasteiger partial charge is 0.444 e. The SMILES string of the molecule is CC[C@H](C)[C@H](NC(=O)CNC(=O)C1C[C@]2(O)c3ccc(C)cc3NC2N1C(=O)OC(C)(C)C)C(=O)CCC(=O)N[C@@H](CSC(c1ccccc1)(c1ccccc1)c1ccccc1)C(=O)N[C@@H](CC(=O)NC(c1ccccc1)(c1ccccc1)c1ccccc1)C(=O)N1C[C@H](OC(C)(C)C)C[C@H]1C(C)=O. The second-order valence-electron chi connectivity index (χ2n) is 29.3. The molecule has 7 aromatic carbocycles. The average Bonchev–Trinajstić information content (AvgIpc) is 1.50. The highest BCUT2D eigenvalue weighted by Crippen LogP contribution is 2.51. The zero-order valence-corrected chi connectivity index (χ0v) is 61.6. The number of hydrogen-bond donors (Lipinski definition) is 7. The van der Waals surface area contributed by atoms with Gasteiger partial charge in [0.25, 0.3) is 0 Å². The maximum absolute atomic E-state index is 15.9. The van der Waals surface area contributed by atoms with Crippen LogP contribution in [0.1, 0.15) is 145 Å². The second kappa shape index (κ2) is 32.8. The van der Waals surface area contributed by atoms with E-state index in [4.69, 9.17) is 9.47 Å². The fourth-order valence-corrected chi connectivity index (χ4v) is 16.0.